The number of rotatable bonds is 8. The third-order valence-corrected chi connectivity index (χ3v) is 4.04. The Morgan fingerprint density at radius 2 is 1.94 bits per heavy atom. The summed E-state index contributed by atoms with van der Waals surface area (Å²) < 4.78 is 35.2. The van der Waals surface area contributed by atoms with Crippen LogP contribution in [0.5, 0.6) is 0 Å². The van der Waals surface area contributed by atoms with E-state index >= 15 is 0 Å². The van der Waals surface area contributed by atoms with Crippen LogP contribution in [0.2, 0.25) is 0 Å². The molecule has 0 bridgehead atoms. The van der Waals surface area contributed by atoms with Gasteiger partial charge >= 0.3 is 13.7 Å². The zero-order valence-corrected chi connectivity index (χ0v) is 10.3. The van der Waals surface area contributed by atoms with Crippen molar-refractivity contribution in [3.05, 3.63) is 0 Å². The Morgan fingerprint density at radius 3 is 2.35 bits per heavy atom. The van der Waals surface area contributed by atoms with Gasteiger partial charge in [-0.3, -0.25) is 4.79 Å². The van der Waals surface area contributed by atoms with Crippen LogP contribution in [0.25, 0.3) is 0 Å². The van der Waals surface area contributed by atoms with E-state index in [1.165, 1.54) is 0 Å². The molecule has 0 saturated carbocycles. The Labute approximate surface area is 97.6 Å². The number of nitrogens with one attached hydrogen (secondary N) is 2. The third kappa shape index (κ3) is 9.18. The minimum Gasteiger partial charge on any atom is -0.480 e. The maximum Gasteiger partial charge on any atom is 0.414 e. The normalized spacial score (nSPS) is 14.5. The number of aliphatic carboxylic acids is 1. The molecule has 0 aliphatic rings. The van der Waals surface area contributed by atoms with Crippen molar-refractivity contribution in [3.63, 3.8) is 0 Å². The highest BCUT2D eigenvalue weighted by molar-refractivity contribution is 7.92. The van der Waals surface area contributed by atoms with E-state index in [0.717, 1.165) is 4.49 Å². The summed E-state index contributed by atoms with van der Waals surface area (Å²) in [6.45, 7) is -0.184. The third-order valence-electron chi connectivity index (χ3n) is 1.54. The summed E-state index contributed by atoms with van der Waals surface area (Å²) in [5.41, 5.74) is 5.15. The number of nitrogens with two attached hydrogens (primary N) is 1. The predicted octanol–water partition coefficient (Wildman–Crippen LogP) is -2.30. The Morgan fingerprint density at radius 1 is 1.41 bits per heavy atom. The van der Waals surface area contributed by atoms with Crippen molar-refractivity contribution < 1.29 is 32.7 Å². The van der Waals surface area contributed by atoms with Crippen LogP contribution in [0.1, 0.15) is 12.8 Å². The Balaban J connectivity index is 3.97. The van der Waals surface area contributed by atoms with Crippen LogP contribution >= 0.6 is 7.75 Å². The van der Waals surface area contributed by atoms with Crippen LogP contribution in [0.4, 0.5) is 0 Å². The SMILES string of the molecule is NC(CCCNS(=O)(=O)NP(=O)(O)O)C(=O)O. The molecule has 0 saturated heterocycles. The molecule has 102 valence electrons. The van der Waals surface area contributed by atoms with Crippen LogP contribution in [0.15, 0.2) is 0 Å². The fourth-order valence-corrected chi connectivity index (χ4v) is 2.76. The quantitative estimate of drug-likeness (QED) is 0.213. The van der Waals surface area contributed by atoms with Gasteiger partial charge in [0.1, 0.15) is 6.04 Å². The van der Waals surface area contributed by atoms with Gasteiger partial charge in [0.05, 0.1) is 0 Å². The van der Waals surface area contributed by atoms with E-state index in [9.17, 15) is 17.8 Å². The maximum absolute atomic E-state index is 11.0. The summed E-state index contributed by atoms with van der Waals surface area (Å²) in [6, 6.07) is -1.10. The number of carboxylic acid groups (broad SMARTS) is 1. The van der Waals surface area contributed by atoms with E-state index in [1.54, 1.807) is 0 Å². The lowest BCUT2D eigenvalue weighted by Gasteiger charge is -2.09. The molecular formula is C5H14N3O7PS. The second kappa shape index (κ2) is 6.40. The summed E-state index contributed by atoms with van der Waals surface area (Å²) in [5.74, 6) is -1.21. The summed E-state index contributed by atoms with van der Waals surface area (Å²) in [5, 5.41) is 8.42. The molecule has 0 aromatic carbocycles. The van der Waals surface area contributed by atoms with Gasteiger partial charge in [0.25, 0.3) is 10.2 Å². The van der Waals surface area contributed by atoms with E-state index < -0.39 is 30.0 Å². The van der Waals surface area contributed by atoms with Crippen molar-refractivity contribution in [2.75, 3.05) is 6.54 Å². The highest BCUT2D eigenvalue weighted by Gasteiger charge is 2.22. The molecule has 12 heteroatoms. The monoisotopic (exact) mass is 291 g/mol. The Kier molecular flexibility index (Phi) is 6.19. The van der Waals surface area contributed by atoms with Gasteiger partial charge in [-0.1, -0.05) is 0 Å². The van der Waals surface area contributed by atoms with Gasteiger partial charge in [0.15, 0.2) is 0 Å². The molecule has 7 N–H and O–H groups in total. The van der Waals surface area contributed by atoms with Gasteiger partial charge in [0, 0.05) is 6.54 Å². The van der Waals surface area contributed by atoms with Crippen molar-refractivity contribution in [2.45, 2.75) is 18.9 Å². The first kappa shape index (κ1) is 16.4. The van der Waals surface area contributed by atoms with E-state index in [-0.39, 0.29) is 19.4 Å². The van der Waals surface area contributed by atoms with Crippen molar-refractivity contribution in [3.8, 4) is 0 Å². The second-order valence-electron chi connectivity index (χ2n) is 3.12. The van der Waals surface area contributed by atoms with Gasteiger partial charge in [0.2, 0.25) is 0 Å². The Hall–Kier alpha value is -0.550. The van der Waals surface area contributed by atoms with Gasteiger partial charge in [-0.25, -0.2) is 9.29 Å². The molecule has 17 heavy (non-hydrogen) atoms. The minimum absolute atomic E-state index is 0.0355. The average molecular weight is 291 g/mol. The number of hydrogen-bond donors (Lipinski definition) is 6. The lowest BCUT2D eigenvalue weighted by atomic mass is 10.2. The lowest BCUT2D eigenvalue weighted by Crippen LogP contribution is -2.36. The molecule has 0 aromatic heterocycles. The molecule has 0 heterocycles. The fourth-order valence-electron chi connectivity index (χ4n) is 0.841. The minimum atomic E-state index is -4.89. The summed E-state index contributed by atoms with van der Waals surface area (Å²) in [7, 11) is -9.20. The van der Waals surface area contributed by atoms with E-state index in [2.05, 4.69) is 0 Å². The maximum atomic E-state index is 11.0. The first-order chi connectivity index (χ1) is 7.53. The van der Waals surface area contributed by atoms with E-state index in [4.69, 9.17) is 20.6 Å². The first-order valence-corrected chi connectivity index (χ1v) is 7.45. The summed E-state index contributed by atoms with van der Waals surface area (Å²) in [6.07, 6.45) is 0.156. The zero-order valence-electron chi connectivity index (χ0n) is 8.61. The number of carbonyl (C=O) groups is 1. The van der Waals surface area contributed by atoms with Crippen LogP contribution in [0, 0.1) is 0 Å². The fraction of sp³-hybridized carbons (Fsp3) is 0.800. The largest absolute Gasteiger partial charge is 0.480 e. The average Bonchev–Trinajstić information content (AvgIpc) is 2.07. The van der Waals surface area contributed by atoms with E-state index in [1.807, 2.05) is 4.72 Å². The molecule has 0 amide bonds. The van der Waals surface area contributed by atoms with Crippen molar-refractivity contribution in [2.24, 2.45) is 5.73 Å². The molecule has 0 fully saturated rings. The highest BCUT2D eigenvalue weighted by atomic mass is 32.2. The molecule has 0 spiro atoms. The highest BCUT2D eigenvalue weighted by Crippen LogP contribution is 2.28. The summed E-state index contributed by atoms with van der Waals surface area (Å²) in [4.78, 5) is 27.0. The van der Waals surface area contributed by atoms with Crippen molar-refractivity contribution in [1.29, 1.82) is 0 Å². The van der Waals surface area contributed by atoms with Crippen LogP contribution in [0.3, 0.4) is 0 Å². The summed E-state index contributed by atoms with van der Waals surface area (Å²) >= 11 is 0. The molecule has 0 radical (unpaired) electrons. The number of carboxylic acids is 1. The van der Waals surface area contributed by atoms with Crippen LogP contribution in [-0.2, 0) is 19.6 Å². The van der Waals surface area contributed by atoms with Gasteiger partial charge in [-0.2, -0.15) is 8.42 Å². The van der Waals surface area contributed by atoms with Crippen LogP contribution in [-0.4, -0.2) is 41.9 Å². The molecule has 0 rings (SSSR count). The van der Waals surface area contributed by atoms with Gasteiger partial charge in [-0.15, -0.1) is 4.49 Å². The predicted molar refractivity (Wildman–Crippen MR) is 56.9 cm³/mol. The molecule has 10 nitrogen and oxygen atoms in total. The molecule has 1 atom stereocenters. The molecule has 1 unspecified atom stereocenters. The first-order valence-electron chi connectivity index (χ1n) is 4.36. The lowest BCUT2D eigenvalue weighted by molar-refractivity contribution is -0.138. The molecule has 0 aliphatic heterocycles. The van der Waals surface area contributed by atoms with Crippen molar-refractivity contribution in [1.82, 2.24) is 9.21 Å². The van der Waals surface area contributed by atoms with Crippen LogP contribution < -0.4 is 14.9 Å². The van der Waals surface area contributed by atoms with Gasteiger partial charge in [-0.05, 0) is 12.8 Å². The van der Waals surface area contributed by atoms with Crippen molar-refractivity contribution >= 4 is 23.9 Å². The zero-order chi connectivity index (χ0) is 13.7. The second-order valence-corrected chi connectivity index (χ2v) is 6.23. The van der Waals surface area contributed by atoms with E-state index in [0.29, 0.717) is 0 Å². The Bertz CT molecular complexity index is 404. The topological polar surface area (TPSA) is 179 Å². The number of hydrogen-bond acceptors (Lipinski definition) is 5. The standard InChI is InChI=1S/C5H14N3O7PS/c6-4(5(9)10)2-1-3-7-17(14,15)8-16(11,12)13/h4,7H,1-3,6H2,(H,9,10)(H3,8,11,12,13). The smallest absolute Gasteiger partial charge is 0.414 e. The van der Waals surface area contributed by atoms with Gasteiger partial charge < -0.3 is 20.6 Å². The molecule has 0 aromatic rings. The molecular weight excluding hydrogens is 277 g/mol. The molecule has 0 aliphatic carbocycles.